The van der Waals surface area contributed by atoms with Gasteiger partial charge in [-0.1, -0.05) is 19.3 Å². The molecule has 0 bridgehead atoms. The van der Waals surface area contributed by atoms with Gasteiger partial charge in [0, 0.05) is 24.8 Å². The molecular formula is C23H25N9O. The Morgan fingerprint density at radius 2 is 2.06 bits per heavy atom. The first-order chi connectivity index (χ1) is 16.1. The number of aryl methyl sites for hydroxylation is 1. The van der Waals surface area contributed by atoms with Crippen LogP contribution in [0.1, 0.15) is 37.7 Å². The van der Waals surface area contributed by atoms with Crippen LogP contribution < -0.4 is 15.4 Å². The summed E-state index contributed by atoms with van der Waals surface area (Å²) in [4.78, 5) is 16.7. The first kappa shape index (κ1) is 20.8. The minimum absolute atomic E-state index is 0.339. The van der Waals surface area contributed by atoms with Crippen molar-refractivity contribution in [2.24, 2.45) is 7.05 Å². The third-order valence-electron chi connectivity index (χ3n) is 5.90. The first-order valence-electron chi connectivity index (χ1n) is 11.0. The lowest BCUT2D eigenvalue weighted by Gasteiger charge is -2.24. The maximum absolute atomic E-state index is 9.55. The predicted octanol–water partition coefficient (Wildman–Crippen LogP) is 4.12. The Hall–Kier alpha value is -4.13. The van der Waals surface area contributed by atoms with Gasteiger partial charge >= 0.3 is 0 Å². The van der Waals surface area contributed by atoms with Crippen LogP contribution >= 0.6 is 0 Å². The topological polar surface area (TPSA) is 129 Å². The maximum atomic E-state index is 9.55. The average Bonchev–Trinajstić information content (AvgIpc) is 3.46. The Morgan fingerprint density at radius 1 is 1.21 bits per heavy atom. The Bertz CT molecular complexity index is 1330. The van der Waals surface area contributed by atoms with Crippen LogP contribution in [0, 0.1) is 11.3 Å². The molecule has 3 aromatic heterocycles. The number of benzene rings is 1. The molecule has 0 saturated heterocycles. The number of aromatic nitrogens is 6. The lowest BCUT2D eigenvalue weighted by molar-refractivity contribution is 0.417. The van der Waals surface area contributed by atoms with Crippen molar-refractivity contribution in [3.8, 4) is 23.2 Å². The lowest BCUT2D eigenvalue weighted by atomic mass is 9.95. The number of ether oxygens (including phenoxy) is 1. The number of aromatic amines is 1. The number of methoxy groups -OCH3 is 1. The van der Waals surface area contributed by atoms with Crippen LogP contribution in [-0.2, 0) is 7.05 Å². The summed E-state index contributed by atoms with van der Waals surface area (Å²) >= 11 is 0. The SMILES string of the molecule is COc1cc(-c2ncn(C)n2)ccc1Nc1nc(NC2CCCCC2)c2c(C#N)c[nH]c2n1. The van der Waals surface area contributed by atoms with E-state index in [1.54, 1.807) is 24.3 Å². The number of hydrogen-bond donors (Lipinski definition) is 3. The van der Waals surface area contributed by atoms with Gasteiger partial charge in [-0.15, -0.1) is 0 Å². The minimum Gasteiger partial charge on any atom is -0.495 e. The van der Waals surface area contributed by atoms with Crippen LogP contribution in [0.15, 0.2) is 30.7 Å². The van der Waals surface area contributed by atoms with Gasteiger partial charge < -0.3 is 20.4 Å². The number of anilines is 3. The third-order valence-corrected chi connectivity index (χ3v) is 5.90. The van der Waals surface area contributed by atoms with E-state index in [9.17, 15) is 5.26 Å². The molecule has 0 unspecified atom stereocenters. The largest absolute Gasteiger partial charge is 0.495 e. The van der Waals surface area contributed by atoms with E-state index in [2.05, 4.69) is 36.8 Å². The van der Waals surface area contributed by atoms with Crippen LogP contribution in [0.25, 0.3) is 22.4 Å². The van der Waals surface area contributed by atoms with Gasteiger partial charge in [-0.05, 0) is 31.0 Å². The molecule has 1 aliphatic rings. The van der Waals surface area contributed by atoms with E-state index in [4.69, 9.17) is 9.72 Å². The highest BCUT2D eigenvalue weighted by atomic mass is 16.5. The highest BCUT2D eigenvalue weighted by molar-refractivity contribution is 5.93. The molecule has 168 valence electrons. The molecule has 1 saturated carbocycles. The van der Waals surface area contributed by atoms with Crippen LogP contribution in [0.2, 0.25) is 0 Å². The summed E-state index contributed by atoms with van der Waals surface area (Å²) < 4.78 is 7.26. The number of H-pyrrole nitrogens is 1. The molecule has 5 rings (SSSR count). The number of fused-ring (bicyclic) bond motifs is 1. The number of rotatable bonds is 6. The average molecular weight is 444 g/mol. The van der Waals surface area contributed by atoms with Gasteiger partial charge in [0.05, 0.1) is 23.7 Å². The number of nitrogens with zero attached hydrogens (tertiary/aromatic N) is 6. The molecule has 3 N–H and O–H groups in total. The molecule has 0 radical (unpaired) electrons. The molecule has 10 heteroatoms. The van der Waals surface area contributed by atoms with Crippen LogP contribution in [0.4, 0.5) is 17.5 Å². The fourth-order valence-corrected chi connectivity index (χ4v) is 4.25. The van der Waals surface area contributed by atoms with E-state index in [-0.39, 0.29) is 0 Å². The number of nitriles is 1. The summed E-state index contributed by atoms with van der Waals surface area (Å²) in [5.74, 6) is 2.32. The normalized spacial score (nSPS) is 14.2. The van der Waals surface area contributed by atoms with E-state index in [0.29, 0.717) is 46.3 Å². The minimum atomic E-state index is 0.339. The van der Waals surface area contributed by atoms with Gasteiger partial charge in [0.15, 0.2) is 5.82 Å². The van der Waals surface area contributed by atoms with Crippen LogP contribution in [-0.4, -0.2) is 42.9 Å². The molecule has 1 fully saturated rings. The van der Waals surface area contributed by atoms with Crippen molar-refractivity contribution in [2.75, 3.05) is 17.7 Å². The standard InChI is InChI=1S/C23H25N9O/c1-32-13-26-20(31-32)14-8-9-17(18(10-14)33-2)28-23-29-21-19(15(11-24)12-25-21)22(30-23)27-16-6-4-3-5-7-16/h8-10,12-13,16H,3-7H2,1-2H3,(H3,25,27,28,29,30). The van der Waals surface area contributed by atoms with Crippen molar-refractivity contribution in [2.45, 2.75) is 38.1 Å². The fourth-order valence-electron chi connectivity index (χ4n) is 4.25. The molecule has 0 amide bonds. The summed E-state index contributed by atoms with van der Waals surface area (Å²) in [7, 11) is 3.44. The highest BCUT2D eigenvalue weighted by Crippen LogP contribution is 2.33. The number of nitrogens with one attached hydrogen (secondary N) is 3. The summed E-state index contributed by atoms with van der Waals surface area (Å²) in [5.41, 5.74) is 2.69. The van der Waals surface area contributed by atoms with Gasteiger partial charge in [-0.2, -0.15) is 20.3 Å². The Labute approximate surface area is 191 Å². The second-order valence-electron chi connectivity index (χ2n) is 8.19. The van der Waals surface area contributed by atoms with E-state index < -0.39 is 0 Å². The zero-order valence-corrected chi connectivity index (χ0v) is 18.6. The van der Waals surface area contributed by atoms with Gasteiger partial charge in [0.25, 0.3) is 0 Å². The summed E-state index contributed by atoms with van der Waals surface area (Å²) in [5, 5.41) is 21.4. The second-order valence-corrected chi connectivity index (χ2v) is 8.19. The monoisotopic (exact) mass is 443 g/mol. The Kier molecular flexibility index (Phi) is 5.52. The molecule has 1 aromatic carbocycles. The second kappa shape index (κ2) is 8.78. The molecule has 0 spiro atoms. The van der Waals surface area contributed by atoms with Crippen molar-refractivity contribution < 1.29 is 4.74 Å². The third kappa shape index (κ3) is 4.17. The van der Waals surface area contributed by atoms with E-state index in [1.807, 2.05) is 25.2 Å². The van der Waals surface area contributed by atoms with Crippen molar-refractivity contribution in [1.82, 2.24) is 29.7 Å². The van der Waals surface area contributed by atoms with Gasteiger partial charge in [-0.25, -0.2) is 4.98 Å². The molecule has 33 heavy (non-hydrogen) atoms. The number of hydrogen-bond acceptors (Lipinski definition) is 8. The van der Waals surface area contributed by atoms with Gasteiger partial charge in [-0.3, -0.25) is 4.68 Å². The Morgan fingerprint density at radius 3 is 2.79 bits per heavy atom. The molecule has 10 nitrogen and oxygen atoms in total. The summed E-state index contributed by atoms with van der Waals surface area (Å²) in [6.07, 6.45) is 9.18. The first-order valence-corrected chi connectivity index (χ1v) is 11.0. The fraction of sp³-hybridized carbons (Fsp3) is 0.348. The quantitative estimate of drug-likeness (QED) is 0.406. The van der Waals surface area contributed by atoms with Crippen molar-refractivity contribution in [1.29, 1.82) is 5.26 Å². The molecule has 3 heterocycles. The molecule has 4 aromatic rings. The van der Waals surface area contributed by atoms with E-state index in [0.717, 1.165) is 23.8 Å². The zero-order chi connectivity index (χ0) is 22.8. The Balaban J connectivity index is 1.49. The van der Waals surface area contributed by atoms with E-state index >= 15 is 0 Å². The zero-order valence-electron chi connectivity index (χ0n) is 18.6. The van der Waals surface area contributed by atoms with Crippen LogP contribution in [0.3, 0.4) is 0 Å². The molecule has 0 aliphatic heterocycles. The maximum Gasteiger partial charge on any atom is 0.231 e. The van der Waals surface area contributed by atoms with Crippen molar-refractivity contribution in [3.05, 3.63) is 36.3 Å². The summed E-state index contributed by atoms with van der Waals surface area (Å²) in [6, 6.07) is 8.26. The van der Waals surface area contributed by atoms with Crippen molar-refractivity contribution in [3.63, 3.8) is 0 Å². The highest BCUT2D eigenvalue weighted by Gasteiger charge is 2.19. The van der Waals surface area contributed by atoms with E-state index in [1.165, 1.54) is 19.3 Å². The van der Waals surface area contributed by atoms with Gasteiger partial charge in [0.2, 0.25) is 5.95 Å². The predicted molar refractivity (Wildman–Crippen MR) is 125 cm³/mol. The lowest BCUT2D eigenvalue weighted by Crippen LogP contribution is -2.23. The van der Waals surface area contributed by atoms with Crippen molar-refractivity contribution >= 4 is 28.5 Å². The summed E-state index contributed by atoms with van der Waals surface area (Å²) in [6.45, 7) is 0. The van der Waals surface area contributed by atoms with Crippen LogP contribution in [0.5, 0.6) is 5.75 Å². The molecular weight excluding hydrogens is 418 g/mol. The van der Waals surface area contributed by atoms with Gasteiger partial charge in [0.1, 0.15) is 29.6 Å². The molecule has 0 atom stereocenters. The smallest absolute Gasteiger partial charge is 0.231 e. The molecule has 1 aliphatic carbocycles.